The van der Waals surface area contributed by atoms with E-state index in [1.807, 2.05) is 0 Å². The molecular formula is C21H25Cl2N3O6. The molecule has 174 valence electrons. The van der Waals surface area contributed by atoms with Gasteiger partial charge in [-0.15, -0.1) is 0 Å². The first-order chi connectivity index (χ1) is 15.0. The highest BCUT2D eigenvalue weighted by Gasteiger charge is 2.39. The van der Waals surface area contributed by atoms with Gasteiger partial charge in [0.25, 0.3) is 5.91 Å². The van der Waals surface area contributed by atoms with E-state index in [1.165, 1.54) is 23.1 Å². The molecule has 3 N–H and O–H groups in total. The molecule has 1 saturated heterocycles. The number of hydrogen-bond acceptors (Lipinski definition) is 5. The standard InChI is InChI=1S/C21H25Cl2N3O6/c1-11(2)18(25-19(30)14-8-12(22)5-6-15(14)23)21(32)26-7-3-4-16(26)20(31)24-13(10-27)9-17(28)29/h5-6,8,10-11,13,16,18H,3-4,7,9H2,1-2H3,(H,24,31)(H,25,30)(H,28,29)/t13-,16-,18-/m0/s1. The van der Waals surface area contributed by atoms with Crippen molar-refractivity contribution >= 4 is 53.2 Å². The lowest BCUT2D eigenvalue weighted by molar-refractivity contribution is -0.142. The van der Waals surface area contributed by atoms with Crippen LogP contribution in [0, 0.1) is 5.92 Å². The number of likely N-dealkylation sites (tertiary alicyclic amines) is 1. The van der Waals surface area contributed by atoms with Crippen LogP contribution < -0.4 is 10.6 Å². The average molecular weight is 486 g/mol. The fraction of sp³-hybridized carbons (Fsp3) is 0.476. The van der Waals surface area contributed by atoms with Crippen molar-refractivity contribution in [3.8, 4) is 0 Å². The number of halogens is 2. The van der Waals surface area contributed by atoms with Gasteiger partial charge >= 0.3 is 5.97 Å². The molecule has 0 radical (unpaired) electrons. The fourth-order valence-electron chi connectivity index (χ4n) is 3.49. The molecule has 3 amide bonds. The maximum absolute atomic E-state index is 13.3. The van der Waals surface area contributed by atoms with Crippen LogP contribution in [-0.4, -0.2) is 64.7 Å². The maximum Gasteiger partial charge on any atom is 0.305 e. The van der Waals surface area contributed by atoms with Crippen molar-refractivity contribution in [2.45, 2.75) is 51.2 Å². The van der Waals surface area contributed by atoms with Crippen molar-refractivity contribution in [1.29, 1.82) is 0 Å². The van der Waals surface area contributed by atoms with Crippen LogP contribution in [0.2, 0.25) is 10.0 Å². The van der Waals surface area contributed by atoms with Gasteiger partial charge < -0.3 is 25.4 Å². The molecule has 0 aromatic heterocycles. The number of carbonyl (C=O) groups is 5. The molecule has 2 rings (SSSR count). The molecule has 11 heteroatoms. The zero-order valence-corrected chi connectivity index (χ0v) is 19.2. The minimum absolute atomic E-state index is 0.121. The third kappa shape index (κ3) is 6.43. The molecule has 0 spiro atoms. The molecular weight excluding hydrogens is 461 g/mol. The Morgan fingerprint density at radius 1 is 1.22 bits per heavy atom. The highest BCUT2D eigenvalue weighted by Crippen LogP contribution is 2.23. The Kier molecular flexibility index (Phi) is 9.03. The van der Waals surface area contributed by atoms with E-state index in [1.54, 1.807) is 13.8 Å². The largest absolute Gasteiger partial charge is 0.481 e. The van der Waals surface area contributed by atoms with Crippen LogP contribution in [0.3, 0.4) is 0 Å². The SMILES string of the molecule is CC(C)[C@H](NC(=O)c1cc(Cl)ccc1Cl)C(=O)N1CCC[C@H]1C(=O)N[C@H](C=O)CC(=O)O. The van der Waals surface area contributed by atoms with Gasteiger partial charge in [-0.25, -0.2) is 0 Å². The van der Waals surface area contributed by atoms with Crippen LogP contribution in [0.25, 0.3) is 0 Å². The molecule has 3 atom stereocenters. The van der Waals surface area contributed by atoms with Crippen molar-refractivity contribution in [3.05, 3.63) is 33.8 Å². The molecule has 32 heavy (non-hydrogen) atoms. The highest BCUT2D eigenvalue weighted by atomic mass is 35.5. The lowest BCUT2D eigenvalue weighted by Gasteiger charge is -2.31. The normalized spacial score (nSPS) is 17.5. The van der Waals surface area contributed by atoms with E-state index in [-0.39, 0.29) is 16.5 Å². The van der Waals surface area contributed by atoms with E-state index in [9.17, 15) is 24.0 Å². The number of carbonyl (C=O) groups excluding carboxylic acids is 4. The second-order valence-electron chi connectivity index (χ2n) is 7.86. The van der Waals surface area contributed by atoms with Crippen LogP contribution in [-0.2, 0) is 19.2 Å². The van der Waals surface area contributed by atoms with Gasteiger partial charge in [-0.05, 0) is 37.0 Å². The first kappa shape index (κ1) is 25.6. The molecule has 9 nitrogen and oxygen atoms in total. The summed E-state index contributed by atoms with van der Waals surface area (Å²) < 4.78 is 0. The molecule has 0 saturated carbocycles. The molecule has 1 aliphatic heterocycles. The Bertz CT molecular complexity index is 908. The third-order valence-electron chi connectivity index (χ3n) is 5.12. The predicted molar refractivity (Wildman–Crippen MR) is 118 cm³/mol. The van der Waals surface area contributed by atoms with Gasteiger partial charge in [0.15, 0.2) is 0 Å². The first-order valence-electron chi connectivity index (χ1n) is 10.1. The van der Waals surface area contributed by atoms with Gasteiger partial charge in [0.05, 0.1) is 23.0 Å². The summed E-state index contributed by atoms with van der Waals surface area (Å²) in [5.41, 5.74) is 0.121. The number of rotatable bonds is 9. The lowest BCUT2D eigenvalue weighted by atomic mass is 10.0. The van der Waals surface area contributed by atoms with Crippen LogP contribution >= 0.6 is 23.2 Å². The van der Waals surface area contributed by atoms with Crippen molar-refractivity contribution in [3.63, 3.8) is 0 Å². The summed E-state index contributed by atoms with van der Waals surface area (Å²) in [5.74, 6) is -3.18. The van der Waals surface area contributed by atoms with Crippen LogP contribution in [0.1, 0.15) is 43.5 Å². The summed E-state index contributed by atoms with van der Waals surface area (Å²) in [6.07, 6.45) is 0.697. The molecule has 0 aliphatic carbocycles. The molecule has 0 unspecified atom stereocenters. The number of aldehydes is 1. The number of carboxylic acid groups (broad SMARTS) is 1. The number of amides is 3. The first-order valence-corrected chi connectivity index (χ1v) is 10.8. The van der Waals surface area contributed by atoms with E-state index >= 15 is 0 Å². The van der Waals surface area contributed by atoms with E-state index in [0.29, 0.717) is 30.7 Å². The number of benzene rings is 1. The summed E-state index contributed by atoms with van der Waals surface area (Å²) in [6, 6.07) is 1.42. The molecule has 1 fully saturated rings. The van der Waals surface area contributed by atoms with Crippen molar-refractivity contribution in [1.82, 2.24) is 15.5 Å². The van der Waals surface area contributed by atoms with Crippen LogP contribution in [0.15, 0.2) is 18.2 Å². The quantitative estimate of drug-likeness (QED) is 0.457. The summed E-state index contributed by atoms with van der Waals surface area (Å²) in [7, 11) is 0. The van der Waals surface area contributed by atoms with Gasteiger partial charge in [-0.3, -0.25) is 19.2 Å². The van der Waals surface area contributed by atoms with E-state index < -0.39 is 48.2 Å². The van der Waals surface area contributed by atoms with Gasteiger partial charge in [0, 0.05) is 11.6 Å². The highest BCUT2D eigenvalue weighted by molar-refractivity contribution is 6.35. The summed E-state index contributed by atoms with van der Waals surface area (Å²) >= 11 is 12.0. The van der Waals surface area contributed by atoms with Gasteiger partial charge in [0.2, 0.25) is 11.8 Å². The fourth-order valence-corrected chi connectivity index (χ4v) is 3.86. The summed E-state index contributed by atoms with van der Waals surface area (Å²) in [4.78, 5) is 61.9. The number of aliphatic carboxylic acids is 1. The smallest absolute Gasteiger partial charge is 0.305 e. The van der Waals surface area contributed by atoms with Crippen molar-refractivity contribution in [2.75, 3.05) is 6.54 Å². The molecule has 1 heterocycles. The van der Waals surface area contributed by atoms with Gasteiger partial charge in [-0.2, -0.15) is 0 Å². The van der Waals surface area contributed by atoms with E-state index in [2.05, 4.69) is 10.6 Å². The molecule has 1 aliphatic rings. The van der Waals surface area contributed by atoms with Crippen LogP contribution in [0.4, 0.5) is 0 Å². The molecule has 1 aromatic rings. The summed E-state index contributed by atoms with van der Waals surface area (Å²) in [5, 5.41) is 14.4. The zero-order chi connectivity index (χ0) is 24.0. The Morgan fingerprint density at radius 2 is 1.91 bits per heavy atom. The lowest BCUT2D eigenvalue weighted by Crippen LogP contribution is -2.56. The van der Waals surface area contributed by atoms with Gasteiger partial charge in [-0.1, -0.05) is 37.0 Å². The Morgan fingerprint density at radius 3 is 2.50 bits per heavy atom. The van der Waals surface area contributed by atoms with Crippen LogP contribution in [0.5, 0.6) is 0 Å². The van der Waals surface area contributed by atoms with Gasteiger partial charge in [0.1, 0.15) is 18.4 Å². The maximum atomic E-state index is 13.3. The molecule has 1 aromatic carbocycles. The second-order valence-corrected chi connectivity index (χ2v) is 8.70. The Balaban J connectivity index is 2.16. The van der Waals surface area contributed by atoms with E-state index in [4.69, 9.17) is 28.3 Å². The summed E-state index contributed by atoms with van der Waals surface area (Å²) in [6.45, 7) is 3.80. The minimum atomic E-state index is -1.23. The predicted octanol–water partition coefficient (Wildman–Crippen LogP) is 1.90. The Labute approximate surface area is 195 Å². The average Bonchev–Trinajstić information content (AvgIpc) is 3.22. The van der Waals surface area contributed by atoms with E-state index in [0.717, 1.165) is 0 Å². The monoisotopic (exact) mass is 485 g/mol. The topological polar surface area (TPSA) is 133 Å². The minimum Gasteiger partial charge on any atom is -0.481 e. The second kappa shape index (κ2) is 11.3. The van der Waals surface area contributed by atoms with Crippen molar-refractivity contribution in [2.24, 2.45) is 5.92 Å². The Hall–Kier alpha value is -2.65. The number of carboxylic acids is 1. The third-order valence-corrected chi connectivity index (χ3v) is 5.68. The van der Waals surface area contributed by atoms with Crippen molar-refractivity contribution < 1.29 is 29.1 Å². The number of hydrogen-bond donors (Lipinski definition) is 3. The number of nitrogens with zero attached hydrogens (tertiary/aromatic N) is 1. The molecule has 0 bridgehead atoms. The number of nitrogens with one attached hydrogen (secondary N) is 2. The zero-order valence-electron chi connectivity index (χ0n) is 17.6.